The molecule has 0 radical (unpaired) electrons. The van der Waals surface area contributed by atoms with Crippen LogP contribution in [-0.2, 0) is 11.8 Å². The number of pyridine rings is 1. The summed E-state index contributed by atoms with van der Waals surface area (Å²) in [5.41, 5.74) is 4.41. The monoisotopic (exact) mass is 319 g/mol. The van der Waals surface area contributed by atoms with E-state index >= 15 is 0 Å². The summed E-state index contributed by atoms with van der Waals surface area (Å²) in [5, 5.41) is 0.783. The molecule has 2 aromatic rings. The van der Waals surface area contributed by atoms with Gasteiger partial charge in [-0.2, -0.15) is 0 Å². The Morgan fingerprint density at radius 2 is 1.84 bits per heavy atom. The van der Waals surface area contributed by atoms with Crippen LogP contribution in [0, 0.1) is 13.8 Å². The molecular formula is C16H18BrNO. The van der Waals surface area contributed by atoms with Crippen LogP contribution in [0.2, 0.25) is 0 Å². The minimum atomic E-state index is 0.783. The van der Waals surface area contributed by atoms with Gasteiger partial charge in [-0.15, -0.1) is 0 Å². The fraction of sp³-hybridized carbons (Fsp3) is 0.312. The topological polar surface area (TPSA) is 22.1 Å². The number of aromatic nitrogens is 1. The average molecular weight is 320 g/mol. The molecule has 19 heavy (non-hydrogen) atoms. The SMILES string of the molecule is CCc1nc(C)ccc1Oc1ccc(C)cc1CBr. The number of hydrogen-bond donors (Lipinski definition) is 0. The Hall–Kier alpha value is -1.35. The molecule has 0 N–H and O–H groups in total. The van der Waals surface area contributed by atoms with E-state index in [1.54, 1.807) is 0 Å². The van der Waals surface area contributed by atoms with Gasteiger partial charge in [0, 0.05) is 16.6 Å². The molecule has 0 saturated heterocycles. The van der Waals surface area contributed by atoms with Crippen molar-refractivity contribution in [2.75, 3.05) is 0 Å². The van der Waals surface area contributed by atoms with Crippen molar-refractivity contribution in [2.45, 2.75) is 32.5 Å². The van der Waals surface area contributed by atoms with E-state index in [0.717, 1.165) is 40.2 Å². The lowest BCUT2D eigenvalue weighted by Gasteiger charge is -2.13. The highest BCUT2D eigenvalue weighted by atomic mass is 79.9. The van der Waals surface area contributed by atoms with Gasteiger partial charge in [-0.25, -0.2) is 0 Å². The summed E-state index contributed by atoms with van der Waals surface area (Å²) >= 11 is 3.51. The predicted octanol–water partition coefficient (Wildman–Crippen LogP) is 4.95. The van der Waals surface area contributed by atoms with Crippen molar-refractivity contribution in [3.63, 3.8) is 0 Å². The summed E-state index contributed by atoms with van der Waals surface area (Å²) in [6.45, 7) is 6.18. The van der Waals surface area contributed by atoms with E-state index in [0.29, 0.717) is 0 Å². The third kappa shape index (κ3) is 3.35. The molecule has 0 fully saturated rings. The molecule has 0 aliphatic rings. The molecule has 0 aliphatic carbocycles. The van der Waals surface area contributed by atoms with Crippen LogP contribution in [-0.4, -0.2) is 4.98 Å². The van der Waals surface area contributed by atoms with E-state index in [1.165, 1.54) is 5.56 Å². The molecule has 0 bridgehead atoms. The van der Waals surface area contributed by atoms with Crippen molar-refractivity contribution in [2.24, 2.45) is 0 Å². The molecule has 100 valence electrons. The van der Waals surface area contributed by atoms with Gasteiger partial charge in [0.2, 0.25) is 0 Å². The quantitative estimate of drug-likeness (QED) is 0.744. The van der Waals surface area contributed by atoms with Gasteiger partial charge in [-0.1, -0.05) is 40.5 Å². The van der Waals surface area contributed by atoms with Crippen LogP contribution in [0.1, 0.15) is 29.4 Å². The van der Waals surface area contributed by atoms with Crippen molar-refractivity contribution < 1.29 is 4.74 Å². The summed E-state index contributed by atoms with van der Waals surface area (Å²) < 4.78 is 6.04. The molecule has 0 atom stereocenters. The largest absolute Gasteiger partial charge is 0.455 e. The maximum absolute atomic E-state index is 6.04. The Bertz CT molecular complexity index is 529. The summed E-state index contributed by atoms with van der Waals surface area (Å²) in [6, 6.07) is 10.2. The summed E-state index contributed by atoms with van der Waals surface area (Å²) in [4.78, 5) is 4.52. The van der Waals surface area contributed by atoms with Gasteiger partial charge >= 0.3 is 0 Å². The van der Waals surface area contributed by atoms with E-state index < -0.39 is 0 Å². The first-order valence-corrected chi connectivity index (χ1v) is 7.56. The Morgan fingerprint density at radius 1 is 1.11 bits per heavy atom. The second-order valence-electron chi connectivity index (χ2n) is 4.60. The molecule has 2 nitrogen and oxygen atoms in total. The number of hydrogen-bond acceptors (Lipinski definition) is 2. The van der Waals surface area contributed by atoms with E-state index in [4.69, 9.17) is 4.74 Å². The van der Waals surface area contributed by atoms with E-state index in [2.05, 4.69) is 46.9 Å². The molecule has 0 aliphatic heterocycles. The normalized spacial score (nSPS) is 10.5. The average Bonchev–Trinajstić information content (AvgIpc) is 2.42. The van der Waals surface area contributed by atoms with E-state index in [1.807, 2.05) is 25.1 Å². The Kier molecular flexibility index (Phi) is 4.59. The molecule has 0 unspecified atom stereocenters. The second-order valence-corrected chi connectivity index (χ2v) is 5.16. The second kappa shape index (κ2) is 6.20. The molecule has 0 spiro atoms. The highest BCUT2D eigenvalue weighted by molar-refractivity contribution is 9.08. The third-order valence-corrected chi connectivity index (χ3v) is 3.59. The Morgan fingerprint density at radius 3 is 2.53 bits per heavy atom. The number of halogens is 1. The lowest BCUT2D eigenvalue weighted by Crippen LogP contribution is -1.97. The third-order valence-electron chi connectivity index (χ3n) is 2.99. The molecule has 0 amide bonds. The fourth-order valence-corrected chi connectivity index (χ4v) is 2.41. The standard InChI is InChI=1S/C16H18BrNO/c1-4-14-16(8-6-12(3)18-14)19-15-7-5-11(2)9-13(15)10-17/h5-9H,4,10H2,1-3H3. The summed E-state index contributed by atoms with van der Waals surface area (Å²) in [5.74, 6) is 1.74. The first-order valence-electron chi connectivity index (χ1n) is 6.44. The van der Waals surface area contributed by atoms with Crippen LogP contribution in [0.25, 0.3) is 0 Å². The Balaban J connectivity index is 2.36. The van der Waals surface area contributed by atoms with E-state index in [9.17, 15) is 0 Å². The van der Waals surface area contributed by atoms with Gasteiger partial charge in [0.05, 0.1) is 5.69 Å². The van der Waals surface area contributed by atoms with E-state index in [-0.39, 0.29) is 0 Å². The highest BCUT2D eigenvalue weighted by Gasteiger charge is 2.08. The van der Waals surface area contributed by atoms with Crippen molar-refractivity contribution in [1.29, 1.82) is 0 Å². The molecule has 0 saturated carbocycles. The van der Waals surface area contributed by atoms with Crippen LogP contribution in [0.4, 0.5) is 0 Å². The van der Waals surface area contributed by atoms with Gasteiger partial charge in [0.15, 0.2) is 0 Å². The molecule has 2 rings (SSSR count). The van der Waals surface area contributed by atoms with Gasteiger partial charge < -0.3 is 4.74 Å². The van der Waals surface area contributed by atoms with Crippen LogP contribution >= 0.6 is 15.9 Å². The number of alkyl halides is 1. The molecule has 1 heterocycles. The Labute approximate surface area is 123 Å². The smallest absolute Gasteiger partial charge is 0.148 e. The van der Waals surface area contributed by atoms with Gasteiger partial charge in [-0.05, 0) is 38.5 Å². The first-order chi connectivity index (χ1) is 9.13. The zero-order valence-corrected chi connectivity index (χ0v) is 13.1. The minimum absolute atomic E-state index is 0.783. The maximum atomic E-state index is 6.04. The maximum Gasteiger partial charge on any atom is 0.148 e. The predicted molar refractivity (Wildman–Crippen MR) is 82.2 cm³/mol. The minimum Gasteiger partial charge on any atom is -0.455 e. The molecule has 1 aromatic heterocycles. The number of ether oxygens (including phenoxy) is 1. The number of benzene rings is 1. The van der Waals surface area contributed by atoms with Crippen molar-refractivity contribution >= 4 is 15.9 Å². The molecule has 1 aromatic carbocycles. The van der Waals surface area contributed by atoms with Crippen molar-refractivity contribution in [1.82, 2.24) is 4.98 Å². The summed E-state index contributed by atoms with van der Waals surface area (Å²) in [7, 11) is 0. The molecular weight excluding hydrogens is 302 g/mol. The highest BCUT2D eigenvalue weighted by Crippen LogP contribution is 2.29. The summed E-state index contributed by atoms with van der Waals surface area (Å²) in [6.07, 6.45) is 0.868. The number of rotatable bonds is 4. The number of nitrogens with zero attached hydrogens (tertiary/aromatic N) is 1. The zero-order valence-electron chi connectivity index (χ0n) is 11.5. The van der Waals surface area contributed by atoms with Crippen LogP contribution < -0.4 is 4.74 Å². The van der Waals surface area contributed by atoms with Crippen LogP contribution in [0.5, 0.6) is 11.5 Å². The fourth-order valence-electron chi connectivity index (χ4n) is 1.97. The van der Waals surface area contributed by atoms with Gasteiger partial charge in [-0.3, -0.25) is 4.98 Å². The van der Waals surface area contributed by atoms with Crippen molar-refractivity contribution in [3.8, 4) is 11.5 Å². The van der Waals surface area contributed by atoms with Gasteiger partial charge in [0.25, 0.3) is 0 Å². The lowest BCUT2D eigenvalue weighted by atomic mass is 10.1. The lowest BCUT2D eigenvalue weighted by molar-refractivity contribution is 0.469. The van der Waals surface area contributed by atoms with Crippen LogP contribution in [0.3, 0.4) is 0 Å². The van der Waals surface area contributed by atoms with Gasteiger partial charge in [0.1, 0.15) is 11.5 Å². The molecule has 3 heteroatoms. The van der Waals surface area contributed by atoms with Crippen molar-refractivity contribution in [3.05, 3.63) is 52.8 Å². The zero-order chi connectivity index (χ0) is 13.8. The number of aryl methyl sites for hydroxylation is 3. The van der Waals surface area contributed by atoms with Crippen LogP contribution in [0.15, 0.2) is 30.3 Å². The first kappa shape index (κ1) is 14.1.